The van der Waals surface area contributed by atoms with E-state index in [9.17, 15) is 9.59 Å². The highest BCUT2D eigenvalue weighted by Crippen LogP contribution is 2.28. The zero-order chi connectivity index (χ0) is 26.7. The maximum Gasteiger partial charge on any atom is 0.410 e. The fourth-order valence-corrected chi connectivity index (χ4v) is 5.33. The fourth-order valence-electron chi connectivity index (χ4n) is 4.57. The van der Waals surface area contributed by atoms with Gasteiger partial charge in [-0.1, -0.05) is 18.2 Å². The summed E-state index contributed by atoms with van der Waals surface area (Å²) >= 11 is 1.41. The van der Waals surface area contributed by atoms with Crippen LogP contribution in [0.5, 0.6) is 0 Å². The van der Waals surface area contributed by atoms with E-state index in [1.165, 1.54) is 16.9 Å². The smallest absolute Gasteiger partial charge is 0.410 e. The number of para-hydroxylation sites is 2. The lowest BCUT2D eigenvalue weighted by Gasteiger charge is -2.26. The number of rotatable bonds is 7. The molecule has 0 aliphatic heterocycles. The third-order valence-electron chi connectivity index (χ3n) is 6.31. The lowest BCUT2D eigenvalue weighted by Crippen LogP contribution is -2.38. The number of aryl methyl sites for hydroxylation is 1. The Balaban J connectivity index is 1.25. The van der Waals surface area contributed by atoms with Gasteiger partial charge in [0.2, 0.25) is 0 Å². The molecule has 4 aromatic rings. The van der Waals surface area contributed by atoms with Crippen molar-refractivity contribution in [2.45, 2.75) is 64.6 Å². The van der Waals surface area contributed by atoms with Gasteiger partial charge in [-0.3, -0.25) is 9.78 Å². The first-order valence-corrected chi connectivity index (χ1v) is 13.7. The Morgan fingerprint density at radius 3 is 2.84 bits per heavy atom. The van der Waals surface area contributed by atoms with Crippen LogP contribution >= 0.6 is 11.3 Å². The second-order valence-corrected chi connectivity index (χ2v) is 11.4. The molecule has 0 saturated heterocycles. The van der Waals surface area contributed by atoms with Crippen LogP contribution < -0.4 is 5.32 Å². The van der Waals surface area contributed by atoms with Crippen molar-refractivity contribution < 1.29 is 14.3 Å². The fraction of sp³-hybridized carbons (Fsp3) is 0.393. The van der Waals surface area contributed by atoms with E-state index in [0.717, 1.165) is 41.0 Å². The average Bonchev–Trinajstić information content (AvgIpc) is 3.52. The van der Waals surface area contributed by atoms with Crippen LogP contribution in [-0.4, -0.2) is 49.0 Å². The van der Waals surface area contributed by atoms with Crippen molar-refractivity contribution in [3.05, 3.63) is 75.8 Å². The molecule has 10 heteroatoms. The summed E-state index contributed by atoms with van der Waals surface area (Å²) in [7, 11) is 0. The summed E-state index contributed by atoms with van der Waals surface area (Å²) < 4.78 is 5.65. The molecule has 0 fully saturated rings. The predicted octanol–water partition coefficient (Wildman–Crippen LogP) is 5.20. The van der Waals surface area contributed by atoms with Crippen molar-refractivity contribution in [3.63, 3.8) is 0 Å². The largest absolute Gasteiger partial charge is 0.444 e. The number of hydrogen-bond acceptors (Lipinski definition) is 7. The minimum absolute atomic E-state index is 0.107. The van der Waals surface area contributed by atoms with E-state index < -0.39 is 11.7 Å². The number of hydrogen-bond donors (Lipinski definition) is 2. The van der Waals surface area contributed by atoms with Crippen LogP contribution in [0.4, 0.5) is 4.79 Å². The van der Waals surface area contributed by atoms with E-state index >= 15 is 0 Å². The first kappa shape index (κ1) is 25.8. The summed E-state index contributed by atoms with van der Waals surface area (Å²) in [5.74, 6) is 0.472. The monoisotopic (exact) mass is 532 g/mol. The Morgan fingerprint density at radius 1 is 1.18 bits per heavy atom. The molecular formula is C28H32N6O3S. The molecule has 38 heavy (non-hydrogen) atoms. The zero-order valence-corrected chi connectivity index (χ0v) is 22.7. The Morgan fingerprint density at radius 2 is 2.03 bits per heavy atom. The Hall–Kier alpha value is -3.79. The van der Waals surface area contributed by atoms with Gasteiger partial charge in [0.15, 0.2) is 0 Å². The maximum atomic E-state index is 13.0. The van der Waals surface area contributed by atoms with Gasteiger partial charge >= 0.3 is 6.09 Å². The predicted molar refractivity (Wildman–Crippen MR) is 146 cm³/mol. The highest BCUT2D eigenvalue weighted by atomic mass is 32.1. The van der Waals surface area contributed by atoms with E-state index in [4.69, 9.17) is 4.74 Å². The molecule has 9 nitrogen and oxygen atoms in total. The minimum Gasteiger partial charge on any atom is -0.444 e. The summed E-state index contributed by atoms with van der Waals surface area (Å²) in [6.07, 6.45) is 4.70. The Bertz CT molecular complexity index is 1410. The Labute approximate surface area is 225 Å². The number of nitrogens with one attached hydrogen (secondary N) is 2. The zero-order valence-electron chi connectivity index (χ0n) is 21.9. The molecule has 3 aromatic heterocycles. The number of aromatic nitrogens is 4. The number of pyridine rings is 1. The summed E-state index contributed by atoms with van der Waals surface area (Å²) in [5, 5.41) is 5.65. The number of ether oxygens (including phenoxy) is 1. The molecule has 1 atom stereocenters. The number of H-pyrrole nitrogens is 1. The van der Waals surface area contributed by atoms with Gasteiger partial charge in [0.1, 0.15) is 17.1 Å². The van der Waals surface area contributed by atoms with E-state index in [2.05, 4.69) is 31.3 Å². The highest BCUT2D eigenvalue weighted by Gasteiger charge is 2.26. The molecule has 1 aromatic carbocycles. The van der Waals surface area contributed by atoms with E-state index in [0.29, 0.717) is 24.5 Å². The lowest BCUT2D eigenvalue weighted by molar-refractivity contribution is 0.0231. The quantitative estimate of drug-likeness (QED) is 0.338. The molecule has 0 saturated carbocycles. The number of carbonyl (C=O) groups excluding carboxylic acids is 2. The van der Waals surface area contributed by atoms with Gasteiger partial charge in [0, 0.05) is 24.5 Å². The minimum atomic E-state index is -0.623. The molecule has 2 N–H and O–H groups in total. The summed E-state index contributed by atoms with van der Waals surface area (Å²) in [4.78, 5) is 44.6. The van der Waals surface area contributed by atoms with Crippen molar-refractivity contribution in [3.8, 4) is 0 Å². The van der Waals surface area contributed by atoms with Gasteiger partial charge in [0.25, 0.3) is 5.91 Å². The van der Waals surface area contributed by atoms with Crippen molar-refractivity contribution in [1.82, 2.24) is 30.2 Å². The molecule has 1 aliphatic carbocycles. The van der Waals surface area contributed by atoms with Crippen molar-refractivity contribution in [1.29, 1.82) is 0 Å². The summed E-state index contributed by atoms with van der Waals surface area (Å²) in [6.45, 7) is 6.18. The first-order valence-electron chi connectivity index (χ1n) is 12.9. The second kappa shape index (κ2) is 10.9. The highest BCUT2D eigenvalue weighted by molar-refractivity contribution is 7.09. The number of nitrogens with zero attached hydrogens (tertiary/aromatic N) is 4. The first-order chi connectivity index (χ1) is 18.2. The topological polar surface area (TPSA) is 113 Å². The molecule has 0 bridgehead atoms. The summed E-state index contributed by atoms with van der Waals surface area (Å²) in [6, 6.07) is 11.6. The standard InChI is InChI=1S/C28H32N6O3S/c1-28(2,3)37-27(36)34(16-23-30-19-10-4-5-11-20(19)31-23)15-13-24-32-22(17-38-24)26(35)33-21-12-6-8-18-9-7-14-29-25(18)21/h4-5,7,9-11,14,17,21H,6,8,12-13,15-16H2,1-3H3,(H,30,31)(H,33,35). The number of imidazole rings is 1. The molecule has 1 aliphatic rings. The van der Waals surface area contributed by atoms with Gasteiger partial charge in [-0.15, -0.1) is 11.3 Å². The van der Waals surface area contributed by atoms with Crippen molar-refractivity contribution in [2.24, 2.45) is 0 Å². The van der Waals surface area contributed by atoms with Crippen LogP contribution in [0, 0.1) is 0 Å². The van der Waals surface area contributed by atoms with Gasteiger partial charge < -0.3 is 19.9 Å². The van der Waals surface area contributed by atoms with Crippen LogP contribution in [0.2, 0.25) is 0 Å². The average molecular weight is 533 g/mol. The maximum absolute atomic E-state index is 13.0. The number of thiazole rings is 1. The van der Waals surface area contributed by atoms with Gasteiger partial charge in [-0.25, -0.2) is 14.8 Å². The molecule has 0 spiro atoms. The number of fused-ring (bicyclic) bond motifs is 2. The van der Waals surface area contributed by atoms with Crippen LogP contribution in [0.3, 0.4) is 0 Å². The van der Waals surface area contributed by atoms with Gasteiger partial charge in [-0.05, 0) is 63.8 Å². The van der Waals surface area contributed by atoms with Crippen LogP contribution in [0.1, 0.15) is 72.2 Å². The Kier molecular flexibility index (Phi) is 7.42. The van der Waals surface area contributed by atoms with Gasteiger partial charge in [-0.2, -0.15) is 0 Å². The molecule has 1 unspecified atom stereocenters. The van der Waals surface area contributed by atoms with Crippen LogP contribution in [-0.2, 0) is 24.1 Å². The molecule has 3 heterocycles. The second-order valence-electron chi connectivity index (χ2n) is 10.4. The van der Waals surface area contributed by atoms with E-state index in [-0.39, 0.29) is 18.5 Å². The van der Waals surface area contributed by atoms with Crippen LogP contribution in [0.15, 0.2) is 48.0 Å². The van der Waals surface area contributed by atoms with E-state index in [1.807, 2.05) is 51.1 Å². The molecule has 5 rings (SSSR count). The molecule has 2 amide bonds. The number of aromatic amines is 1. The lowest BCUT2D eigenvalue weighted by atomic mass is 9.92. The molecule has 198 valence electrons. The third-order valence-corrected chi connectivity index (χ3v) is 7.22. The number of amides is 2. The van der Waals surface area contributed by atoms with Crippen LogP contribution in [0.25, 0.3) is 11.0 Å². The number of benzene rings is 1. The number of carbonyl (C=O) groups is 2. The normalized spacial score (nSPS) is 15.2. The molecular weight excluding hydrogens is 500 g/mol. The molecule has 0 radical (unpaired) electrons. The van der Waals surface area contributed by atoms with E-state index in [1.54, 1.807) is 16.5 Å². The van der Waals surface area contributed by atoms with Gasteiger partial charge in [0.05, 0.1) is 34.3 Å². The summed E-state index contributed by atoms with van der Waals surface area (Å²) in [5.41, 5.74) is 3.66. The third kappa shape index (κ3) is 6.19. The van der Waals surface area contributed by atoms with Crippen molar-refractivity contribution >= 4 is 34.4 Å². The SMILES string of the molecule is CC(C)(C)OC(=O)N(CCc1nc(C(=O)NC2CCCc3cccnc32)cs1)Cc1nc2ccccc2[nH]1. The van der Waals surface area contributed by atoms with Crippen molar-refractivity contribution in [2.75, 3.05) is 6.54 Å².